The van der Waals surface area contributed by atoms with E-state index in [-0.39, 0.29) is 23.7 Å². The van der Waals surface area contributed by atoms with Crippen molar-refractivity contribution in [2.45, 2.75) is 38.6 Å². The van der Waals surface area contributed by atoms with Gasteiger partial charge in [-0.15, -0.1) is 0 Å². The molecule has 0 radical (unpaired) electrons. The van der Waals surface area contributed by atoms with Gasteiger partial charge in [-0.25, -0.2) is 4.98 Å². The molecule has 2 aromatic rings. The molecular formula is C20H24N4O3. The zero-order valence-electron chi connectivity index (χ0n) is 15.6. The van der Waals surface area contributed by atoms with Crippen molar-refractivity contribution >= 4 is 17.5 Å². The number of aromatic nitrogens is 2. The largest absolute Gasteiger partial charge is 0.497 e. The molecule has 1 aromatic heterocycles. The SMILES string of the molecule is COc1ccc2c(c1)[C@H](C(=O)NCC1(Cn3ccnc3C)CC1)CC(=O)N2. The Morgan fingerprint density at radius 2 is 2.26 bits per heavy atom. The number of fused-ring (bicyclic) bond motifs is 1. The van der Waals surface area contributed by atoms with Crippen LogP contribution in [0, 0.1) is 12.3 Å². The minimum absolute atomic E-state index is 0.0925. The molecule has 0 bridgehead atoms. The van der Waals surface area contributed by atoms with E-state index in [0.29, 0.717) is 18.0 Å². The van der Waals surface area contributed by atoms with E-state index in [4.69, 9.17) is 4.74 Å². The molecule has 27 heavy (non-hydrogen) atoms. The summed E-state index contributed by atoms with van der Waals surface area (Å²) in [7, 11) is 1.59. The number of nitrogens with zero attached hydrogens (tertiary/aromatic N) is 2. The van der Waals surface area contributed by atoms with Gasteiger partial charge in [0, 0.05) is 43.0 Å². The molecule has 2 heterocycles. The van der Waals surface area contributed by atoms with Gasteiger partial charge in [-0.3, -0.25) is 9.59 Å². The normalized spacial score (nSPS) is 19.8. The minimum Gasteiger partial charge on any atom is -0.497 e. The summed E-state index contributed by atoms with van der Waals surface area (Å²) in [5, 5.41) is 5.92. The summed E-state index contributed by atoms with van der Waals surface area (Å²) in [5.41, 5.74) is 1.58. The van der Waals surface area contributed by atoms with Gasteiger partial charge in [0.25, 0.3) is 0 Å². The van der Waals surface area contributed by atoms with Crippen LogP contribution in [0.3, 0.4) is 0 Å². The second-order valence-electron chi connectivity index (χ2n) is 7.58. The zero-order valence-corrected chi connectivity index (χ0v) is 15.6. The monoisotopic (exact) mass is 368 g/mol. The molecule has 7 heteroatoms. The predicted molar refractivity (Wildman–Crippen MR) is 101 cm³/mol. The van der Waals surface area contributed by atoms with E-state index in [2.05, 4.69) is 20.2 Å². The molecule has 1 aromatic carbocycles. The van der Waals surface area contributed by atoms with Crippen molar-refractivity contribution < 1.29 is 14.3 Å². The van der Waals surface area contributed by atoms with Gasteiger partial charge >= 0.3 is 0 Å². The van der Waals surface area contributed by atoms with Crippen molar-refractivity contribution in [2.75, 3.05) is 19.0 Å². The highest BCUT2D eigenvalue weighted by Gasteiger charge is 2.44. The molecule has 4 rings (SSSR count). The zero-order chi connectivity index (χ0) is 19.0. The van der Waals surface area contributed by atoms with Crippen LogP contribution in [0.1, 0.15) is 36.6 Å². The Balaban J connectivity index is 1.46. The number of anilines is 1. The Kier molecular flexibility index (Phi) is 4.37. The van der Waals surface area contributed by atoms with Crippen LogP contribution >= 0.6 is 0 Å². The van der Waals surface area contributed by atoms with Crippen molar-refractivity contribution in [1.29, 1.82) is 0 Å². The van der Waals surface area contributed by atoms with E-state index in [1.807, 2.05) is 19.2 Å². The molecule has 2 aliphatic rings. The Morgan fingerprint density at radius 1 is 1.44 bits per heavy atom. The van der Waals surface area contributed by atoms with Gasteiger partial charge < -0.3 is 19.9 Å². The van der Waals surface area contributed by atoms with E-state index in [1.165, 1.54) is 0 Å². The van der Waals surface area contributed by atoms with E-state index in [9.17, 15) is 9.59 Å². The third kappa shape index (κ3) is 3.54. The molecule has 0 spiro atoms. The Morgan fingerprint density at radius 3 is 2.93 bits per heavy atom. The molecule has 2 N–H and O–H groups in total. The average molecular weight is 368 g/mol. The summed E-state index contributed by atoms with van der Waals surface area (Å²) in [4.78, 5) is 29.2. The first-order valence-electron chi connectivity index (χ1n) is 9.23. The van der Waals surface area contributed by atoms with Crippen molar-refractivity contribution in [3.8, 4) is 5.75 Å². The summed E-state index contributed by atoms with van der Waals surface area (Å²) in [6.45, 7) is 3.45. The lowest BCUT2D eigenvalue weighted by molar-refractivity contribution is -0.126. The van der Waals surface area contributed by atoms with Crippen LogP contribution in [0.25, 0.3) is 0 Å². The van der Waals surface area contributed by atoms with Crippen molar-refractivity contribution in [3.63, 3.8) is 0 Å². The van der Waals surface area contributed by atoms with Crippen molar-refractivity contribution in [1.82, 2.24) is 14.9 Å². The number of nitrogens with one attached hydrogen (secondary N) is 2. The van der Waals surface area contributed by atoms with Gasteiger partial charge in [-0.2, -0.15) is 0 Å². The van der Waals surface area contributed by atoms with E-state index in [1.54, 1.807) is 25.4 Å². The van der Waals surface area contributed by atoms with Crippen LogP contribution in [0.4, 0.5) is 5.69 Å². The van der Waals surface area contributed by atoms with E-state index < -0.39 is 5.92 Å². The third-order valence-electron chi connectivity index (χ3n) is 5.64. The van der Waals surface area contributed by atoms with Gasteiger partial charge in [-0.05, 0) is 43.5 Å². The maximum Gasteiger partial charge on any atom is 0.228 e. The number of carbonyl (C=O) groups is 2. The smallest absolute Gasteiger partial charge is 0.228 e. The molecular weight excluding hydrogens is 344 g/mol. The summed E-state index contributed by atoms with van der Waals surface area (Å²) in [5.74, 6) is 0.931. The maximum absolute atomic E-state index is 12.9. The lowest BCUT2D eigenvalue weighted by Gasteiger charge is -2.26. The van der Waals surface area contributed by atoms with Gasteiger partial charge in [0.05, 0.1) is 13.0 Å². The summed E-state index contributed by atoms with van der Waals surface area (Å²) in [6, 6.07) is 5.41. The quantitative estimate of drug-likeness (QED) is 0.819. The summed E-state index contributed by atoms with van der Waals surface area (Å²) >= 11 is 0. The molecule has 1 fully saturated rings. The van der Waals surface area contributed by atoms with Crippen LogP contribution in [-0.2, 0) is 16.1 Å². The van der Waals surface area contributed by atoms with E-state index >= 15 is 0 Å². The van der Waals surface area contributed by atoms with Gasteiger partial charge in [0.2, 0.25) is 11.8 Å². The Hall–Kier alpha value is -2.83. The highest BCUT2D eigenvalue weighted by atomic mass is 16.5. The standard InChI is InChI=1S/C20H24N4O3/c1-13-21-7-8-24(13)12-20(5-6-20)11-22-19(26)16-10-18(25)23-17-4-3-14(27-2)9-15(16)17/h3-4,7-9,16H,5-6,10-12H2,1-2H3,(H,22,26)(H,23,25)/t16-/m1/s1. The maximum atomic E-state index is 12.9. The fraction of sp³-hybridized carbons (Fsp3) is 0.450. The summed E-state index contributed by atoms with van der Waals surface area (Å²) in [6.07, 6.45) is 6.10. The fourth-order valence-electron chi connectivity index (χ4n) is 3.70. The van der Waals surface area contributed by atoms with Gasteiger partial charge in [0.1, 0.15) is 11.6 Å². The van der Waals surface area contributed by atoms with Gasteiger partial charge in [-0.1, -0.05) is 0 Å². The molecule has 0 saturated heterocycles. The number of ether oxygens (including phenoxy) is 1. The minimum atomic E-state index is -0.491. The Bertz CT molecular complexity index is 885. The first-order valence-corrected chi connectivity index (χ1v) is 9.23. The number of hydrogen-bond acceptors (Lipinski definition) is 4. The van der Waals surface area contributed by atoms with Crippen molar-refractivity contribution in [3.05, 3.63) is 42.0 Å². The second-order valence-corrected chi connectivity index (χ2v) is 7.58. The number of rotatable bonds is 6. The lowest BCUT2D eigenvalue weighted by Crippen LogP contribution is -2.38. The number of hydrogen-bond donors (Lipinski definition) is 2. The van der Waals surface area contributed by atoms with Crippen LogP contribution in [0.2, 0.25) is 0 Å². The van der Waals surface area contributed by atoms with Crippen LogP contribution < -0.4 is 15.4 Å². The first-order chi connectivity index (χ1) is 13.0. The average Bonchev–Trinajstić information content (AvgIpc) is 3.32. The molecule has 7 nitrogen and oxygen atoms in total. The highest BCUT2D eigenvalue weighted by molar-refractivity contribution is 6.01. The molecule has 2 amide bonds. The molecule has 1 saturated carbocycles. The first kappa shape index (κ1) is 17.6. The molecule has 142 valence electrons. The molecule has 1 atom stereocenters. The molecule has 1 aliphatic carbocycles. The third-order valence-corrected chi connectivity index (χ3v) is 5.64. The molecule has 1 aliphatic heterocycles. The van der Waals surface area contributed by atoms with E-state index in [0.717, 1.165) is 30.8 Å². The number of carbonyl (C=O) groups excluding carboxylic acids is 2. The lowest BCUT2D eigenvalue weighted by atomic mass is 9.89. The van der Waals surface area contributed by atoms with Crippen LogP contribution in [-0.4, -0.2) is 35.0 Å². The Labute approximate surface area is 158 Å². The van der Waals surface area contributed by atoms with Crippen molar-refractivity contribution in [2.24, 2.45) is 5.41 Å². The molecule has 0 unspecified atom stereocenters. The van der Waals surface area contributed by atoms with Crippen LogP contribution in [0.5, 0.6) is 5.75 Å². The van der Waals surface area contributed by atoms with Gasteiger partial charge in [0.15, 0.2) is 0 Å². The number of imidazole rings is 1. The number of benzene rings is 1. The summed E-state index contributed by atoms with van der Waals surface area (Å²) < 4.78 is 7.41. The number of amides is 2. The number of aryl methyl sites for hydroxylation is 1. The van der Waals surface area contributed by atoms with Crippen LogP contribution in [0.15, 0.2) is 30.6 Å². The predicted octanol–water partition coefficient (Wildman–Crippen LogP) is 2.22. The topological polar surface area (TPSA) is 85.2 Å². The number of methoxy groups -OCH3 is 1. The second kappa shape index (κ2) is 6.72. The fourth-order valence-corrected chi connectivity index (χ4v) is 3.70. The highest BCUT2D eigenvalue weighted by Crippen LogP contribution is 2.47.